The molecule has 0 spiro atoms. The number of ether oxygens (including phenoxy) is 1. The van der Waals surface area contributed by atoms with Gasteiger partial charge in [0.2, 0.25) is 0 Å². The van der Waals surface area contributed by atoms with Crippen molar-refractivity contribution in [2.75, 3.05) is 6.61 Å². The molecule has 6 heteroatoms. The molecule has 33 heavy (non-hydrogen) atoms. The molecule has 3 unspecified atom stereocenters. The molecule has 1 heterocycles. The normalized spacial score (nSPS) is 24.4. The number of aliphatic hydroxyl groups is 1. The van der Waals surface area contributed by atoms with Crippen LogP contribution in [-0.4, -0.2) is 28.0 Å². The largest absolute Gasteiger partial charge is 0.506 e. The van der Waals surface area contributed by atoms with E-state index in [0.717, 1.165) is 24.8 Å². The maximum Gasteiger partial charge on any atom is 0.343 e. The Morgan fingerprint density at radius 2 is 2.06 bits per heavy atom. The first kappa shape index (κ1) is 24.7. The predicted molar refractivity (Wildman–Crippen MR) is 132 cm³/mol. The van der Waals surface area contributed by atoms with Gasteiger partial charge < -0.3 is 14.4 Å². The van der Waals surface area contributed by atoms with E-state index in [0.29, 0.717) is 17.2 Å². The third-order valence-electron chi connectivity index (χ3n) is 7.17. The molecule has 0 amide bonds. The summed E-state index contributed by atoms with van der Waals surface area (Å²) >= 11 is 0. The average Bonchev–Trinajstić information content (AvgIpc) is 3.03. The molecule has 1 aromatic rings. The Labute approximate surface area is 196 Å². The fourth-order valence-electron chi connectivity index (χ4n) is 5.31. The summed E-state index contributed by atoms with van der Waals surface area (Å²) < 4.78 is 7.25. The molecule has 0 radical (unpaired) electrons. The number of pyridine rings is 1. The van der Waals surface area contributed by atoms with Gasteiger partial charge in [-0.2, -0.15) is 0 Å². The Hall–Kier alpha value is -2.89. The molecular formula is C27H36N2O4. The molecule has 0 aliphatic heterocycles. The smallest absolute Gasteiger partial charge is 0.343 e. The van der Waals surface area contributed by atoms with Crippen LogP contribution in [0.5, 0.6) is 0 Å². The summed E-state index contributed by atoms with van der Waals surface area (Å²) in [6, 6.07) is 1.59. The van der Waals surface area contributed by atoms with Gasteiger partial charge in [0.1, 0.15) is 17.0 Å². The van der Waals surface area contributed by atoms with Crippen LogP contribution >= 0.6 is 0 Å². The molecule has 3 rings (SSSR count). The highest BCUT2D eigenvalue weighted by Crippen LogP contribution is 2.50. The molecule has 0 aromatic carbocycles. The molecule has 1 saturated carbocycles. The van der Waals surface area contributed by atoms with Crippen LogP contribution < -0.4 is 5.43 Å². The van der Waals surface area contributed by atoms with E-state index in [1.165, 1.54) is 12.1 Å². The van der Waals surface area contributed by atoms with Crippen molar-refractivity contribution in [3.05, 3.63) is 63.3 Å². The Morgan fingerprint density at radius 3 is 2.64 bits per heavy atom. The Bertz CT molecular complexity index is 1100. The fourth-order valence-corrected chi connectivity index (χ4v) is 5.31. The van der Waals surface area contributed by atoms with Gasteiger partial charge >= 0.3 is 5.97 Å². The quantitative estimate of drug-likeness (QED) is 0.529. The topological polar surface area (TPSA) is 92.4 Å². The minimum absolute atomic E-state index is 0.0230. The van der Waals surface area contributed by atoms with Crippen LogP contribution in [-0.2, 0) is 4.74 Å². The van der Waals surface area contributed by atoms with E-state index in [9.17, 15) is 14.7 Å². The van der Waals surface area contributed by atoms with Gasteiger partial charge in [-0.15, -0.1) is 0 Å². The van der Waals surface area contributed by atoms with E-state index in [1.807, 2.05) is 6.08 Å². The van der Waals surface area contributed by atoms with E-state index < -0.39 is 11.4 Å². The fraction of sp³-hybridized carbons (Fsp3) is 0.519. The maximum atomic E-state index is 13.1. The molecule has 1 aromatic heterocycles. The molecule has 1 fully saturated rings. The second-order valence-corrected chi connectivity index (χ2v) is 9.94. The van der Waals surface area contributed by atoms with Crippen molar-refractivity contribution >= 4 is 17.3 Å². The molecule has 178 valence electrons. The van der Waals surface area contributed by atoms with Crippen LogP contribution in [0.2, 0.25) is 0 Å². The lowest BCUT2D eigenvalue weighted by atomic mass is 9.82. The van der Waals surface area contributed by atoms with Gasteiger partial charge in [0.15, 0.2) is 5.43 Å². The third kappa shape index (κ3) is 4.61. The van der Waals surface area contributed by atoms with Crippen LogP contribution in [0.4, 0.5) is 0 Å². The second kappa shape index (κ2) is 9.54. The first-order valence-electron chi connectivity index (χ1n) is 11.9. The highest BCUT2D eigenvalue weighted by atomic mass is 16.5. The molecule has 6 nitrogen and oxygen atoms in total. The van der Waals surface area contributed by atoms with E-state index in [2.05, 4.69) is 39.2 Å². The highest BCUT2D eigenvalue weighted by molar-refractivity contribution is 6.16. The number of nitrogens with zero attached hydrogens (tertiary/aromatic N) is 1. The van der Waals surface area contributed by atoms with Gasteiger partial charge in [-0.1, -0.05) is 46.8 Å². The number of hydrogen-bond donors (Lipinski definition) is 2. The van der Waals surface area contributed by atoms with Crippen molar-refractivity contribution in [2.24, 2.45) is 17.3 Å². The number of carbonyl (C=O) groups excluding carboxylic acids is 1. The van der Waals surface area contributed by atoms with Gasteiger partial charge in [-0.25, -0.2) is 4.79 Å². The number of aliphatic hydroxyl groups excluding tert-OH is 1. The maximum absolute atomic E-state index is 13.1. The zero-order valence-corrected chi connectivity index (χ0v) is 20.6. The lowest BCUT2D eigenvalue weighted by molar-refractivity contribution is 0.0522. The van der Waals surface area contributed by atoms with Crippen molar-refractivity contribution in [1.29, 1.82) is 5.41 Å². The zero-order chi connectivity index (χ0) is 24.5. The number of rotatable bonds is 6. The molecular weight excluding hydrogens is 416 g/mol. The predicted octanol–water partition coefficient (Wildman–Crippen LogP) is 5.85. The van der Waals surface area contributed by atoms with Gasteiger partial charge in [0.05, 0.1) is 6.61 Å². The van der Waals surface area contributed by atoms with Crippen LogP contribution in [0.3, 0.4) is 0 Å². The Morgan fingerprint density at radius 1 is 1.36 bits per heavy atom. The van der Waals surface area contributed by atoms with E-state index in [-0.39, 0.29) is 41.0 Å². The average molecular weight is 453 g/mol. The first-order valence-corrected chi connectivity index (χ1v) is 11.9. The summed E-state index contributed by atoms with van der Waals surface area (Å²) in [5, 5.41) is 18.8. The minimum atomic E-state index is -0.616. The van der Waals surface area contributed by atoms with E-state index in [4.69, 9.17) is 10.1 Å². The van der Waals surface area contributed by atoms with Crippen molar-refractivity contribution in [3.8, 4) is 0 Å². The van der Waals surface area contributed by atoms with Crippen molar-refractivity contribution < 1.29 is 14.6 Å². The monoisotopic (exact) mass is 452 g/mol. The molecule has 3 atom stereocenters. The van der Waals surface area contributed by atoms with E-state index in [1.54, 1.807) is 19.2 Å². The summed E-state index contributed by atoms with van der Waals surface area (Å²) in [6.07, 6.45) is 9.59. The summed E-state index contributed by atoms with van der Waals surface area (Å²) in [4.78, 5) is 25.8. The number of carbonyl (C=O) groups is 1. The van der Waals surface area contributed by atoms with Crippen LogP contribution in [0.25, 0.3) is 5.57 Å². The van der Waals surface area contributed by atoms with Crippen LogP contribution in [0.15, 0.2) is 46.6 Å². The lowest BCUT2D eigenvalue weighted by Crippen LogP contribution is -2.31. The molecule has 2 aliphatic rings. The van der Waals surface area contributed by atoms with Crippen molar-refractivity contribution in [2.45, 2.75) is 66.8 Å². The number of esters is 1. The summed E-state index contributed by atoms with van der Waals surface area (Å²) in [5.74, 6) is -0.348. The summed E-state index contributed by atoms with van der Waals surface area (Å²) in [7, 11) is 0. The number of hydrogen-bond acceptors (Lipinski definition) is 5. The summed E-state index contributed by atoms with van der Waals surface area (Å²) in [5.41, 5.74) is 1.77. The van der Waals surface area contributed by atoms with Gasteiger partial charge in [0, 0.05) is 29.6 Å². The molecule has 0 bridgehead atoms. The standard InChI is InChI=1S/C27H36N2O4/c1-7-16(3)23(18-10-9-11-21(30)24(18)28)20-14-22(31)19(26(32)33-8-2)15-29(20)25-17(4)12-13-27(25,5)6/h9-11,14-17,25,28,30H,7-8,12-13H2,1-6H3/b23-18+,28-24?. The molecule has 0 saturated heterocycles. The van der Waals surface area contributed by atoms with Crippen molar-refractivity contribution in [1.82, 2.24) is 4.57 Å². The van der Waals surface area contributed by atoms with Gasteiger partial charge in [-0.05, 0) is 55.1 Å². The van der Waals surface area contributed by atoms with Crippen LogP contribution in [0.1, 0.15) is 82.9 Å². The lowest BCUT2D eigenvalue weighted by Gasteiger charge is -2.36. The first-order chi connectivity index (χ1) is 15.5. The second-order valence-electron chi connectivity index (χ2n) is 9.94. The SMILES string of the molecule is CCOC(=O)c1cn(C2C(C)CCC2(C)C)c(/C(=C2\C=CC=C(O)C2=N)C(C)CC)cc1=O. The molecule has 2 aliphatic carbocycles. The van der Waals surface area contributed by atoms with Gasteiger partial charge in [0.25, 0.3) is 0 Å². The van der Waals surface area contributed by atoms with E-state index >= 15 is 0 Å². The number of aromatic nitrogens is 1. The Kier molecular flexibility index (Phi) is 7.15. The number of nitrogens with one attached hydrogen (secondary N) is 1. The zero-order valence-electron chi connectivity index (χ0n) is 20.6. The minimum Gasteiger partial charge on any atom is -0.506 e. The third-order valence-corrected chi connectivity index (χ3v) is 7.17. The highest BCUT2D eigenvalue weighted by Gasteiger charge is 2.42. The molecule has 2 N–H and O–H groups in total. The van der Waals surface area contributed by atoms with Crippen LogP contribution in [0, 0.1) is 22.7 Å². The number of allylic oxidation sites excluding steroid dienone is 5. The summed E-state index contributed by atoms with van der Waals surface area (Å²) in [6.45, 7) is 12.7. The van der Waals surface area contributed by atoms with Crippen molar-refractivity contribution in [3.63, 3.8) is 0 Å². The van der Waals surface area contributed by atoms with Gasteiger partial charge in [-0.3, -0.25) is 10.2 Å². The Balaban J connectivity index is 2.38.